The monoisotopic (exact) mass is 188 g/mol. The van der Waals surface area contributed by atoms with E-state index in [-0.39, 0.29) is 11.9 Å². The third-order valence-electron chi connectivity index (χ3n) is 1.79. The first-order valence-electron chi connectivity index (χ1n) is 4.84. The molecule has 78 valence electrons. The Morgan fingerprint density at radius 1 is 1.54 bits per heavy atom. The van der Waals surface area contributed by atoms with Gasteiger partial charge in [-0.25, -0.2) is 0 Å². The highest BCUT2D eigenvalue weighted by molar-refractivity contribution is 5.71. The molecule has 3 heteroatoms. The molecule has 0 aromatic carbocycles. The lowest BCUT2D eigenvalue weighted by molar-refractivity contribution is -0.207. The highest BCUT2D eigenvalue weighted by atomic mass is 16.7. The number of ether oxygens (including phenoxy) is 1. The maximum absolute atomic E-state index is 11.1. The van der Waals surface area contributed by atoms with Gasteiger partial charge in [0.1, 0.15) is 0 Å². The summed E-state index contributed by atoms with van der Waals surface area (Å²) in [6, 6.07) is 0. The molecule has 0 aromatic heterocycles. The predicted molar refractivity (Wildman–Crippen MR) is 51.1 cm³/mol. The summed E-state index contributed by atoms with van der Waals surface area (Å²) in [7, 11) is 0. The largest absolute Gasteiger partial charge is 0.433 e. The summed E-state index contributed by atoms with van der Waals surface area (Å²) >= 11 is 0. The number of esters is 1. The minimum absolute atomic E-state index is 0.187. The van der Waals surface area contributed by atoms with Crippen LogP contribution in [0, 0.1) is 5.92 Å². The lowest BCUT2D eigenvalue weighted by Gasteiger charge is -2.24. The Hall–Kier alpha value is -0.570. The standard InChI is InChI=1S/C10H20O3/c1-5-6-7-10(4,12)13-9(11)8(2)3/h8,12H,5-7H2,1-4H3. The summed E-state index contributed by atoms with van der Waals surface area (Å²) in [5.74, 6) is -1.83. The van der Waals surface area contributed by atoms with Crippen LogP contribution in [0.1, 0.15) is 47.0 Å². The van der Waals surface area contributed by atoms with E-state index >= 15 is 0 Å². The zero-order valence-corrected chi connectivity index (χ0v) is 8.96. The van der Waals surface area contributed by atoms with Crippen LogP contribution in [0.4, 0.5) is 0 Å². The molecule has 0 saturated heterocycles. The fourth-order valence-electron chi connectivity index (χ4n) is 0.890. The van der Waals surface area contributed by atoms with Crippen LogP contribution in [0.5, 0.6) is 0 Å². The minimum atomic E-state index is -1.29. The molecule has 0 fully saturated rings. The van der Waals surface area contributed by atoms with E-state index in [0.29, 0.717) is 6.42 Å². The van der Waals surface area contributed by atoms with Gasteiger partial charge in [-0.2, -0.15) is 0 Å². The quantitative estimate of drug-likeness (QED) is 0.530. The Kier molecular flexibility index (Phi) is 4.99. The van der Waals surface area contributed by atoms with E-state index in [2.05, 4.69) is 0 Å². The van der Waals surface area contributed by atoms with Crippen LogP contribution in [-0.2, 0) is 9.53 Å². The van der Waals surface area contributed by atoms with Crippen molar-refractivity contribution in [2.45, 2.75) is 52.7 Å². The average molecular weight is 188 g/mol. The van der Waals surface area contributed by atoms with Crippen LogP contribution in [0.3, 0.4) is 0 Å². The van der Waals surface area contributed by atoms with Crippen molar-refractivity contribution in [1.82, 2.24) is 0 Å². The van der Waals surface area contributed by atoms with Crippen molar-refractivity contribution in [1.29, 1.82) is 0 Å². The molecule has 1 atom stereocenters. The Morgan fingerprint density at radius 3 is 2.46 bits per heavy atom. The van der Waals surface area contributed by atoms with Gasteiger partial charge in [-0.1, -0.05) is 27.2 Å². The second-order valence-corrected chi connectivity index (χ2v) is 3.85. The second kappa shape index (κ2) is 5.22. The Bertz CT molecular complexity index is 162. The highest BCUT2D eigenvalue weighted by Crippen LogP contribution is 2.16. The van der Waals surface area contributed by atoms with Crippen molar-refractivity contribution >= 4 is 5.97 Å². The van der Waals surface area contributed by atoms with Crippen LogP contribution < -0.4 is 0 Å². The zero-order valence-electron chi connectivity index (χ0n) is 8.96. The van der Waals surface area contributed by atoms with Crippen molar-refractivity contribution in [2.24, 2.45) is 5.92 Å². The lowest BCUT2D eigenvalue weighted by atomic mass is 10.1. The molecule has 0 heterocycles. The van der Waals surface area contributed by atoms with Crippen molar-refractivity contribution < 1.29 is 14.6 Å². The van der Waals surface area contributed by atoms with Crippen molar-refractivity contribution in [3.05, 3.63) is 0 Å². The molecule has 0 amide bonds. The first kappa shape index (κ1) is 12.4. The SMILES string of the molecule is CCCCC(C)(O)OC(=O)C(C)C. The van der Waals surface area contributed by atoms with Crippen molar-refractivity contribution in [2.75, 3.05) is 0 Å². The number of aliphatic hydroxyl groups is 1. The summed E-state index contributed by atoms with van der Waals surface area (Å²) in [4.78, 5) is 11.1. The van der Waals surface area contributed by atoms with Gasteiger partial charge in [0.15, 0.2) is 0 Å². The third kappa shape index (κ3) is 5.64. The number of unbranched alkanes of at least 4 members (excludes halogenated alkanes) is 1. The molecule has 0 aliphatic heterocycles. The summed E-state index contributed by atoms with van der Waals surface area (Å²) < 4.78 is 4.92. The number of rotatable bonds is 5. The predicted octanol–water partition coefficient (Wildman–Crippen LogP) is 2.08. The fourth-order valence-corrected chi connectivity index (χ4v) is 0.890. The van der Waals surface area contributed by atoms with E-state index in [1.165, 1.54) is 6.92 Å². The van der Waals surface area contributed by atoms with Crippen LogP contribution in [0.25, 0.3) is 0 Å². The van der Waals surface area contributed by atoms with E-state index in [9.17, 15) is 9.90 Å². The first-order valence-corrected chi connectivity index (χ1v) is 4.84. The molecule has 0 aliphatic rings. The van der Waals surface area contributed by atoms with Gasteiger partial charge in [0.05, 0.1) is 5.92 Å². The maximum atomic E-state index is 11.1. The molecule has 0 saturated carbocycles. The van der Waals surface area contributed by atoms with E-state index in [1.54, 1.807) is 13.8 Å². The molecule has 1 N–H and O–H groups in total. The van der Waals surface area contributed by atoms with Gasteiger partial charge >= 0.3 is 5.97 Å². The molecule has 0 spiro atoms. The van der Waals surface area contributed by atoms with Crippen LogP contribution >= 0.6 is 0 Å². The van der Waals surface area contributed by atoms with Crippen LogP contribution in [0.15, 0.2) is 0 Å². The summed E-state index contributed by atoms with van der Waals surface area (Å²) in [6.07, 6.45) is 2.34. The lowest BCUT2D eigenvalue weighted by Crippen LogP contribution is -2.32. The molecule has 0 radical (unpaired) electrons. The van der Waals surface area contributed by atoms with Gasteiger partial charge in [0, 0.05) is 13.3 Å². The molecular weight excluding hydrogens is 168 g/mol. The third-order valence-corrected chi connectivity index (χ3v) is 1.79. The van der Waals surface area contributed by atoms with Gasteiger partial charge in [0.25, 0.3) is 0 Å². The van der Waals surface area contributed by atoms with Crippen molar-refractivity contribution in [3.63, 3.8) is 0 Å². The van der Waals surface area contributed by atoms with E-state index < -0.39 is 5.79 Å². The molecule has 0 aromatic rings. The van der Waals surface area contributed by atoms with E-state index in [4.69, 9.17) is 4.74 Å². The molecule has 0 rings (SSSR count). The van der Waals surface area contributed by atoms with Gasteiger partial charge in [-0.05, 0) is 6.42 Å². The molecule has 3 nitrogen and oxygen atoms in total. The van der Waals surface area contributed by atoms with Gasteiger partial charge in [-0.15, -0.1) is 0 Å². The van der Waals surface area contributed by atoms with Crippen LogP contribution in [0.2, 0.25) is 0 Å². The Balaban J connectivity index is 3.93. The van der Waals surface area contributed by atoms with E-state index in [0.717, 1.165) is 12.8 Å². The molecule has 0 aliphatic carbocycles. The molecule has 13 heavy (non-hydrogen) atoms. The molecular formula is C10H20O3. The maximum Gasteiger partial charge on any atom is 0.310 e. The topological polar surface area (TPSA) is 46.5 Å². The summed E-state index contributed by atoms with van der Waals surface area (Å²) in [5, 5.41) is 9.62. The zero-order chi connectivity index (χ0) is 10.5. The normalized spacial score (nSPS) is 15.5. The summed E-state index contributed by atoms with van der Waals surface area (Å²) in [6.45, 7) is 7.06. The van der Waals surface area contributed by atoms with Gasteiger partial charge < -0.3 is 9.84 Å². The smallest absolute Gasteiger partial charge is 0.310 e. The minimum Gasteiger partial charge on any atom is -0.433 e. The number of hydrogen-bond acceptors (Lipinski definition) is 3. The Labute approximate surface area is 80.1 Å². The van der Waals surface area contributed by atoms with E-state index in [1.807, 2.05) is 6.92 Å². The average Bonchev–Trinajstić information content (AvgIpc) is 2.00. The number of hydrogen-bond donors (Lipinski definition) is 1. The molecule has 1 unspecified atom stereocenters. The first-order chi connectivity index (χ1) is 5.89. The fraction of sp³-hybridized carbons (Fsp3) is 0.900. The second-order valence-electron chi connectivity index (χ2n) is 3.85. The van der Waals surface area contributed by atoms with Crippen molar-refractivity contribution in [3.8, 4) is 0 Å². The number of carbonyl (C=O) groups is 1. The Morgan fingerprint density at radius 2 is 2.08 bits per heavy atom. The highest BCUT2D eigenvalue weighted by Gasteiger charge is 2.25. The molecule has 0 bridgehead atoms. The number of carbonyl (C=O) groups excluding carboxylic acids is 1. The van der Waals surface area contributed by atoms with Crippen LogP contribution in [-0.4, -0.2) is 16.9 Å². The van der Waals surface area contributed by atoms with Gasteiger partial charge in [-0.3, -0.25) is 4.79 Å². The summed E-state index contributed by atoms with van der Waals surface area (Å²) in [5.41, 5.74) is 0. The van der Waals surface area contributed by atoms with Gasteiger partial charge in [0.2, 0.25) is 5.79 Å².